The summed E-state index contributed by atoms with van der Waals surface area (Å²) >= 11 is 0. The summed E-state index contributed by atoms with van der Waals surface area (Å²) in [6, 6.07) is 86.1. The summed E-state index contributed by atoms with van der Waals surface area (Å²) in [5.74, 6) is 0.632. The third-order valence-corrected chi connectivity index (χ3v) is 14.2. The van der Waals surface area contributed by atoms with Crippen LogP contribution in [-0.4, -0.2) is 14.5 Å². The van der Waals surface area contributed by atoms with E-state index < -0.39 is 5.41 Å². The van der Waals surface area contributed by atoms with E-state index in [9.17, 15) is 0 Å². The highest BCUT2D eigenvalue weighted by Gasteiger charge is 2.53. The van der Waals surface area contributed by atoms with Crippen molar-refractivity contribution < 1.29 is 0 Å². The van der Waals surface area contributed by atoms with E-state index in [0.29, 0.717) is 5.95 Å². The Hall–Kier alpha value is -8.66. The van der Waals surface area contributed by atoms with Crippen molar-refractivity contribution in [3.8, 4) is 73.0 Å². The number of aromatic nitrogens is 3. The predicted molar refractivity (Wildman–Crippen MR) is 272 cm³/mol. The van der Waals surface area contributed by atoms with Crippen molar-refractivity contribution >= 4 is 32.6 Å². The topological polar surface area (TPSA) is 30.7 Å². The second-order valence-electron chi connectivity index (χ2n) is 17.6. The maximum atomic E-state index is 5.70. The van der Waals surface area contributed by atoms with Crippen LogP contribution < -0.4 is 0 Å². The Kier molecular flexibility index (Phi) is 7.90. The molecule has 2 aromatic heterocycles. The first kappa shape index (κ1) is 36.8. The second kappa shape index (κ2) is 14.2. The molecule has 3 nitrogen and oxygen atoms in total. The van der Waals surface area contributed by atoms with Crippen LogP contribution in [0.1, 0.15) is 22.3 Å². The third-order valence-electron chi connectivity index (χ3n) is 14.2. The molecule has 2 aliphatic carbocycles. The molecule has 2 heterocycles. The van der Waals surface area contributed by atoms with Crippen LogP contribution in [-0.2, 0) is 5.41 Å². The molecule has 2 aliphatic rings. The first-order valence-corrected chi connectivity index (χ1v) is 22.7. The third kappa shape index (κ3) is 5.14. The molecule has 1 spiro atoms. The quantitative estimate of drug-likeness (QED) is 0.173. The van der Waals surface area contributed by atoms with E-state index in [4.69, 9.17) is 9.97 Å². The molecule has 3 heteroatoms. The van der Waals surface area contributed by atoms with Gasteiger partial charge in [0.05, 0.1) is 27.8 Å². The highest BCUT2D eigenvalue weighted by molar-refractivity contribution is 6.27. The van der Waals surface area contributed by atoms with Gasteiger partial charge in [-0.1, -0.05) is 212 Å². The molecule has 10 aromatic carbocycles. The Bertz CT molecular complexity index is 3790. The number of benzene rings is 10. The van der Waals surface area contributed by atoms with Crippen molar-refractivity contribution in [1.82, 2.24) is 14.5 Å². The first-order chi connectivity index (χ1) is 32.8. The molecule has 0 bridgehead atoms. The molecule has 14 rings (SSSR count). The monoisotopic (exact) mass is 837 g/mol. The van der Waals surface area contributed by atoms with E-state index in [-0.39, 0.29) is 0 Å². The van der Waals surface area contributed by atoms with E-state index >= 15 is 0 Å². The summed E-state index contributed by atoms with van der Waals surface area (Å²) in [6.07, 6.45) is 0. The van der Waals surface area contributed by atoms with E-state index in [1.165, 1.54) is 66.1 Å². The van der Waals surface area contributed by atoms with Gasteiger partial charge in [0.15, 0.2) is 0 Å². The minimum absolute atomic E-state index is 0.609. The fourth-order valence-electron chi connectivity index (χ4n) is 11.5. The highest BCUT2D eigenvalue weighted by atomic mass is 15.2. The first-order valence-electron chi connectivity index (χ1n) is 22.7. The molecular formula is C63H39N3. The zero-order valence-electron chi connectivity index (χ0n) is 35.9. The van der Waals surface area contributed by atoms with E-state index in [2.05, 4.69) is 241 Å². The van der Waals surface area contributed by atoms with Gasteiger partial charge < -0.3 is 0 Å². The van der Waals surface area contributed by atoms with Gasteiger partial charge in [-0.3, -0.25) is 4.57 Å². The second-order valence-corrected chi connectivity index (χ2v) is 17.6. The number of nitrogens with zero attached hydrogens (tertiary/aromatic N) is 3. The van der Waals surface area contributed by atoms with Crippen LogP contribution >= 0.6 is 0 Å². The Balaban J connectivity index is 1.15. The van der Waals surface area contributed by atoms with Gasteiger partial charge in [-0.15, -0.1) is 0 Å². The maximum absolute atomic E-state index is 5.70. The number of fused-ring (bicyclic) bond motifs is 17. The largest absolute Gasteiger partial charge is 0.278 e. The number of hydrogen-bond donors (Lipinski definition) is 0. The van der Waals surface area contributed by atoms with Crippen molar-refractivity contribution in [2.45, 2.75) is 5.41 Å². The number of para-hydroxylation sites is 1. The van der Waals surface area contributed by atoms with Gasteiger partial charge in [0.25, 0.3) is 0 Å². The number of rotatable bonds is 5. The zero-order chi connectivity index (χ0) is 43.3. The molecule has 0 radical (unpaired) electrons. The van der Waals surface area contributed by atoms with Crippen LogP contribution in [0.25, 0.3) is 106 Å². The molecule has 66 heavy (non-hydrogen) atoms. The maximum Gasteiger partial charge on any atom is 0.235 e. The fraction of sp³-hybridized carbons (Fsp3) is 0.0159. The smallest absolute Gasteiger partial charge is 0.235 e. The summed E-state index contributed by atoms with van der Waals surface area (Å²) in [5, 5.41) is 4.85. The van der Waals surface area contributed by atoms with Gasteiger partial charge in [0, 0.05) is 27.5 Å². The summed E-state index contributed by atoms with van der Waals surface area (Å²) in [7, 11) is 0. The van der Waals surface area contributed by atoms with Crippen LogP contribution in [0.2, 0.25) is 0 Å². The summed E-state index contributed by atoms with van der Waals surface area (Å²) in [4.78, 5) is 11.4. The van der Waals surface area contributed by atoms with Gasteiger partial charge in [-0.05, 0) is 96.2 Å². The standard InChI is InChI=1S/C63H39N3/c1-3-19-40(20-4-1)42-23-17-25-44(37-42)55-39-56(45-26-18-24-43(38-45)41-21-5-2-6-22-41)65-62(64-55)66-57-36-16-12-32-51(57)59-49-30-8-7-29-48(49)58-50-31-11-15-35-54(50)63(60(58)61(59)66)52-33-13-9-27-46(52)47-28-10-14-34-53(47)63/h1-39H. The molecule has 0 amide bonds. The Morgan fingerprint density at radius 2 is 0.773 bits per heavy atom. The summed E-state index contributed by atoms with van der Waals surface area (Å²) in [5.41, 5.74) is 20.2. The van der Waals surface area contributed by atoms with Gasteiger partial charge in [-0.25, -0.2) is 9.97 Å². The van der Waals surface area contributed by atoms with Crippen LogP contribution in [0.3, 0.4) is 0 Å². The highest BCUT2D eigenvalue weighted by Crippen LogP contribution is 2.66. The lowest BCUT2D eigenvalue weighted by Crippen LogP contribution is -2.26. The van der Waals surface area contributed by atoms with E-state index in [0.717, 1.165) is 55.8 Å². The van der Waals surface area contributed by atoms with E-state index in [1.54, 1.807) is 0 Å². The van der Waals surface area contributed by atoms with E-state index in [1.807, 2.05) is 0 Å². The van der Waals surface area contributed by atoms with Crippen LogP contribution in [0, 0.1) is 0 Å². The van der Waals surface area contributed by atoms with Crippen molar-refractivity contribution in [2.75, 3.05) is 0 Å². The average molecular weight is 838 g/mol. The predicted octanol–water partition coefficient (Wildman–Crippen LogP) is 15.7. The van der Waals surface area contributed by atoms with Crippen molar-refractivity contribution in [1.29, 1.82) is 0 Å². The lowest BCUT2D eigenvalue weighted by molar-refractivity contribution is 0.796. The molecule has 0 atom stereocenters. The lowest BCUT2D eigenvalue weighted by atomic mass is 9.70. The molecule has 306 valence electrons. The van der Waals surface area contributed by atoms with Gasteiger partial charge >= 0.3 is 0 Å². The SMILES string of the molecule is c1ccc(-c2cccc(-c3cc(-c4cccc(-c5ccccc5)c4)nc(-n4c5ccccc5c5c6ccccc6c6c(c54)C4(c5ccccc5-c5ccccc54)c4ccccc4-6)n3)c2)cc1. The van der Waals surface area contributed by atoms with Crippen molar-refractivity contribution in [3.63, 3.8) is 0 Å². The summed E-state index contributed by atoms with van der Waals surface area (Å²) < 4.78 is 2.40. The van der Waals surface area contributed by atoms with Gasteiger partial charge in [0.1, 0.15) is 0 Å². The fourth-order valence-corrected chi connectivity index (χ4v) is 11.5. The zero-order valence-corrected chi connectivity index (χ0v) is 35.9. The van der Waals surface area contributed by atoms with Gasteiger partial charge in [-0.2, -0.15) is 0 Å². The van der Waals surface area contributed by atoms with Crippen LogP contribution in [0.4, 0.5) is 0 Å². The average Bonchev–Trinajstić information content (AvgIpc) is 4.02. The van der Waals surface area contributed by atoms with Crippen LogP contribution in [0.15, 0.2) is 237 Å². The molecule has 12 aromatic rings. The molecule has 0 saturated heterocycles. The minimum atomic E-state index is -0.609. The lowest BCUT2D eigenvalue weighted by Gasteiger charge is -2.31. The normalized spacial score (nSPS) is 13.0. The molecule has 0 fully saturated rings. The molecular weight excluding hydrogens is 799 g/mol. The summed E-state index contributed by atoms with van der Waals surface area (Å²) in [6.45, 7) is 0. The Morgan fingerprint density at radius 1 is 0.333 bits per heavy atom. The van der Waals surface area contributed by atoms with Gasteiger partial charge in [0.2, 0.25) is 5.95 Å². The van der Waals surface area contributed by atoms with Crippen molar-refractivity contribution in [2.24, 2.45) is 0 Å². The van der Waals surface area contributed by atoms with Crippen LogP contribution in [0.5, 0.6) is 0 Å². The Labute approximate surface area is 382 Å². The van der Waals surface area contributed by atoms with Crippen molar-refractivity contribution in [3.05, 3.63) is 259 Å². The Morgan fingerprint density at radius 3 is 1.36 bits per heavy atom. The molecule has 0 N–H and O–H groups in total. The molecule has 0 unspecified atom stereocenters. The minimum Gasteiger partial charge on any atom is -0.278 e. The number of hydrogen-bond acceptors (Lipinski definition) is 2. The molecule has 0 saturated carbocycles. The molecule has 0 aliphatic heterocycles.